The third-order valence-corrected chi connectivity index (χ3v) is 3.63. The largest absolute Gasteiger partial charge is 0.495 e. The van der Waals surface area contributed by atoms with Crippen molar-refractivity contribution in [1.82, 2.24) is 0 Å². The molecule has 0 radical (unpaired) electrons. The summed E-state index contributed by atoms with van der Waals surface area (Å²) >= 11 is 0. The average molecular weight is 311 g/mol. The number of rotatable bonds is 3. The highest BCUT2D eigenvalue weighted by atomic mass is 16.5. The molecule has 0 spiro atoms. The first-order valence-electron chi connectivity index (χ1n) is 6.82. The summed E-state index contributed by atoms with van der Waals surface area (Å²) in [6, 6.07) is 11.0. The molecule has 6 heteroatoms. The van der Waals surface area contributed by atoms with Crippen molar-refractivity contribution in [1.29, 1.82) is 0 Å². The van der Waals surface area contributed by atoms with Crippen LogP contribution < -0.4 is 9.64 Å². The molecule has 0 aromatic heterocycles. The number of carbonyl (C=O) groups is 3. The summed E-state index contributed by atoms with van der Waals surface area (Å²) in [7, 11) is 2.68. The Morgan fingerprint density at radius 2 is 1.57 bits per heavy atom. The van der Waals surface area contributed by atoms with Crippen LogP contribution in [0.2, 0.25) is 0 Å². The molecule has 0 fully saturated rings. The first-order chi connectivity index (χ1) is 11.1. The molecule has 0 aliphatic carbocycles. The molecule has 1 aliphatic heterocycles. The summed E-state index contributed by atoms with van der Waals surface area (Å²) in [6.45, 7) is 0. The van der Waals surface area contributed by atoms with Gasteiger partial charge in [-0.15, -0.1) is 0 Å². The number of methoxy groups -OCH3 is 2. The van der Waals surface area contributed by atoms with Gasteiger partial charge in [-0.1, -0.05) is 12.1 Å². The number of nitrogens with zero attached hydrogens (tertiary/aromatic N) is 1. The van der Waals surface area contributed by atoms with Gasteiger partial charge < -0.3 is 9.47 Å². The van der Waals surface area contributed by atoms with E-state index in [-0.39, 0.29) is 11.3 Å². The van der Waals surface area contributed by atoms with Gasteiger partial charge in [0.25, 0.3) is 11.8 Å². The van der Waals surface area contributed by atoms with Gasteiger partial charge >= 0.3 is 5.97 Å². The zero-order valence-electron chi connectivity index (χ0n) is 12.5. The van der Waals surface area contributed by atoms with E-state index in [0.29, 0.717) is 16.9 Å². The molecule has 0 saturated heterocycles. The van der Waals surface area contributed by atoms with Gasteiger partial charge in [0.15, 0.2) is 0 Å². The Morgan fingerprint density at radius 3 is 2.09 bits per heavy atom. The third-order valence-electron chi connectivity index (χ3n) is 3.63. The Balaban J connectivity index is 2.14. The zero-order valence-corrected chi connectivity index (χ0v) is 12.5. The summed E-state index contributed by atoms with van der Waals surface area (Å²) in [5, 5.41) is 0. The number of amides is 2. The zero-order chi connectivity index (χ0) is 16.6. The van der Waals surface area contributed by atoms with Crippen molar-refractivity contribution in [2.45, 2.75) is 0 Å². The van der Waals surface area contributed by atoms with Crippen molar-refractivity contribution in [3.8, 4) is 5.75 Å². The molecule has 3 rings (SSSR count). The molecule has 23 heavy (non-hydrogen) atoms. The molecule has 0 unspecified atom stereocenters. The van der Waals surface area contributed by atoms with Crippen LogP contribution in [0.4, 0.5) is 5.69 Å². The second-order valence-corrected chi connectivity index (χ2v) is 4.87. The average Bonchev–Trinajstić information content (AvgIpc) is 2.85. The second-order valence-electron chi connectivity index (χ2n) is 4.87. The molecular weight excluding hydrogens is 298 g/mol. The molecule has 2 aromatic rings. The van der Waals surface area contributed by atoms with Crippen LogP contribution in [0.25, 0.3) is 0 Å². The maximum absolute atomic E-state index is 12.6. The number of carbonyl (C=O) groups excluding carboxylic acids is 3. The van der Waals surface area contributed by atoms with E-state index in [1.165, 1.54) is 32.4 Å². The number of benzene rings is 2. The Hall–Kier alpha value is -3.15. The topological polar surface area (TPSA) is 72.9 Å². The highest BCUT2D eigenvalue weighted by Crippen LogP contribution is 2.35. The lowest BCUT2D eigenvalue weighted by atomic mass is 10.1. The third kappa shape index (κ3) is 2.24. The van der Waals surface area contributed by atoms with Gasteiger partial charge in [0.2, 0.25) is 0 Å². The van der Waals surface area contributed by atoms with E-state index in [0.717, 1.165) is 4.90 Å². The van der Waals surface area contributed by atoms with Crippen LogP contribution in [0.15, 0.2) is 42.5 Å². The number of esters is 1. The standard InChI is InChI=1S/C17H13NO5/c1-22-14-8-7-10(17(21)23-2)9-13(14)18-15(19)11-5-3-4-6-12(11)16(18)20/h3-9H,1-2H3. The molecule has 1 heterocycles. The number of fused-ring (bicyclic) bond motifs is 1. The molecule has 2 amide bonds. The van der Waals surface area contributed by atoms with Crippen LogP contribution >= 0.6 is 0 Å². The van der Waals surface area contributed by atoms with Gasteiger partial charge in [-0.2, -0.15) is 0 Å². The van der Waals surface area contributed by atoms with Crippen molar-refractivity contribution < 1.29 is 23.9 Å². The quantitative estimate of drug-likeness (QED) is 0.642. The van der Waals surface area contributed by atoms with Crippen LogP contribution in [0.5, 0.6) is 5.75 Å². The summed E-state index contributed by atoms with van der Waals surface area (Å²) in [5.41, 5.74) is 1.08. The van der Waals surface area contributed by atoms with Gasteiger partial charge in [-0.05, 0) is 30.3 Å². The van der Waals surface area contributed by atoms with E-state index in [1.807, 2.05) is 0 Å². The lowest BCUT2D eigenvalue weighted by Crippen LogP contribution is -2.30. The van der Waals surface area contributed by atoms with Gasteiger partial charge in [-0.3, -0.25) is 9.59 Å². The van der Waals surface area contributed by atoms with Gasteiger partial charge in [0.1, 0.15) is 5.75 Å². The van der Waals surface area contributed by atoms with E-state index in [9.17, 15) is 14.4 Å². The van der Waals surface area contributed by atoms with E-state index in [2.05, 4.69) is 4.74 Å². The SMILES string of the molecule is COC(=O)c1ccc(OC)c(N2C(=O)c3ccccc3C2=O)c1. The van der Waals surface area contributed by atoms with Crippen molar-refractivity contribution in [3.63, 3.8) is 0 Å². The van der Waals surface area contributed by atoms with E-state index < -0.39 is 17.8 Å². The van der Waals surface area contributed by atoms with Crippen molar-refractivity contribution in [2.75, 3.05) is 19.1 Å². The van der Waals surface area contributed by atoms with Crippen LogP contribution in [0, 0.1) is 0 Å². The van der Waals surface area contributed by atoms with Gasteiger partial charge in [0, 0.05) is 0 Å². The first-order valence-corrected chi connectivity index (χ1v) is 6.82. The van der Waals surface area contributed by atoms with Crippen molar-refractivity contribution in [2.24, 2.45) is 0 Å². The fourth-order valence-electron chi connectivity index (χ4n) is 2.52. The molecule has 0 atom stereocenters. The molecule has 0 bridgehead atoms. The Kier molecular flexibility index (Phi) is 3.57. The first kappa shape index (κ1) is 14.8. The normalized spacial score (nSPS) is 13.0. The fourth-order valence-corrected chi connectivity index (χ4v) is 2.52. The summed E-state index contributed by atoms with van der Waals surface area (Å²) in [5.74, 6) is -1.16. The number of hydrogen-bond acceptors (Lipinski definition) is 5. The predicted octanol–water partition coefficient (Wildman–Crippen LogP) is 2.28. The highest BCUT2D eigenvalue weighted by Gasteiger charge is 2.38. The maximum Gasteiger partial charge on any atom is 0.337 e. The van der Waals surface area contributed by atoms with Crippen LogP contribution in [0.1, 0.15) is 31.1 Å². The Morgan fingerprint density at radius 1 is 0.957 bits per heavy atom. The monoisotopic (exact) mass is 311 g/mol. The molecule has 0 N–H and O–H groups in total. The lowest BCUT2D eigenvalue weighted by molar-refractivity contribution is 0.0600. The number of ether oxygens (including phenoxy) is 2. The van der Waals surface area contributed by atoms with E-state index >= 15 is 0 Å². The minimum absolute atomic E-state index is 0.210. The summed E-state index contributed by atoms with van der Waals surface area (Å²) < 4.78 is 9.90. The number of anilines is 1. The van der Waals surface area contributed by atoms with Crippen LogP contribution in [-0.4, -0.2) is 32.0 Å². The second kappa shape index (κ2) is 5.57. The minimum Gasteiger partial charge on any atom is -0.495 e. The number of imide groups is 1. The van der Waals surface area contributed by atoms with Gasteiger partial charge in [-0.25, -0.2) is 9.69 Å². The van der Waals surface area contributed by atoms with Crippen LogP contribution in [-0.2, 0) is 4.74 Å². The smallest absolute Gasteiger partial charge is 0.337 e. The molecule has 0 saturated carbocycles. The van der Waals surface area contributed by atoms with Crippen molar-refractivity contribution >= 4 is 23.5 Å². The van der Waals surface area contributed by atoms with Gasteiger partial charge in [0.05, 0.1) is 36.6 Å². The maximum atomic E-state index is 12.6. The van der Waals surface area contributed by atoms with Crippen LogP contribution in [0.3, 0.4) is 0 Å². The van der Waals surface area contributed by atoms with E-state index in [4.69, 9.17) is 4.74 Å². The number of hydrogen-bond donors (Lipinski definition) is 0. The molecule has 6 nitrogen and oxygen atoms in total. The summed E-state index contributed by atoms with van der Waals surface area (Å²) in [4.78, 5) is 37.8. The fraction of sp³-hybridized carbons (Fsp3) is 0.118. The molecule has 2 aromatic carbocycles. The Bertz CT molecular complexity index is 792. The minimum atomic E-state index is -0.564. The molecule has 116 valence electrons. The van der Waals surface area contributed by atoms with E-state index in [1.54, 1.807) is 24.3 Å². The highest BCUT2D eigenvalue weighted by molar-refractivity contribution is 6.35. The Labute approximate surface area is 132 Å². The molecule has 1 aliphatic rings. The lowest BCUT2D eigenvalue weighted by Gasteiger charge is -2.18. The molecular formula is C17H13NO5. The summed E-state index contributed by atoms with van der Waals surface area (Å²) in [6.07, 6.45) is 0. The van der Waals surface area contributed by atoms with Crippen molar-refractivity contribution in [3.05, 3.63) is 59.2 Å². The predicted molar refractivity (Wildman–Crippen MR) is 81.9 cm³/mol.